The first-order valence-corrected chi connectivity index (χ1v) is 7.93. The Morgan fingerprint density at radius 2 is 1.48 bits per heavy atom. The maximum absolute atomic E-state index is 12.0. The van der Waals surface area contributed by atoms with Crippen LogP contribution in [0.2, 0.25) is 0 Å². The van der Waals surface area contributed by atoms with Crippen molar-refractivity contribution in [3.8, 4) is 17.2 Å². The zero-order valence-corrected chi connectivity index (χ0v) is 15.0. The molecule has 8 heteroatoms. The van der Waals surface area contributed by atoms with Crippen LogP contribution >= 0.6 is 0 Å². The van der Waals surface area contributed by atoms with Gasteiger partial charge in [0.1, 0.15) is 6.42 Å². The van der Waals surface area contributed by atoms with Gasteiger partial charge < -0.3 is 28.7 Å². The number of methoxy groups -OCH3 is 4. The Morgan fingerprint density at radius 3 is 1.92 bits per heavy atom. The standard InChI is InChI=1S/C17H24N2O6/c1-22-13-9-12(10-14(23-2)17(13)25-4)18-5-7-19(8-6-18)15(20)11-16(21)24-3/h9-10H,5-8,11H2,1-4H3. The summed E-state index contributed by atoms with van der Waals surface area (Å²) in [5.74, 6) is 0.983. The van der Waals surface area contributed by atoms with Crippen molar-refractivity contribution in [2.75, 3.05) is 59.5 Å². The van der Waals surface area contributed by atoms with Crippen molar-refractivity contribution in [3.63, 3.8) is 0 Å². The van der Waals surface area contributed by atoms with E-state index in [1.807, 2.05) is 12.1 Å². The first-order chi connectivity index (χ1) is 12.0. The van der Waals surface area contributed by atoms with Crippen molar-refractivity contribution in [3.05, 3.63) is 12.1 Å². The summed E-state index contributed by atoms with van der Waals surface area (Å²) in [5.41, 5.74) is 0.926. The molecule has 0 spiro atoms. The highest BCUT2D eigenvalue weighted by Gasteiger charge is 2.24. The molecule has 8 nitrogen and oxygen atoms in total. The van der Waals surface area contributed by atoms with Crippen LogP contribution in [-0.4, -0.2) is 71.4 Å². The van der Waals surface area contributed by atoms with Crippen LogP contribution in [0.3, 0.4) is 0 Å². The van der Waals surface area contributed by atoms with E-state index in [1.54, 1.807) is 26.2 Å². The molecule has 0 saturated carbocycles. The van der Waals surface area contributed by atoms with Crippen molar-refractivity contribution >= 4 is 17.6 Å². The number of amides is 1. The zero-order chi connectivity index (χ0) is 18.4. The second kappa shape index (κ2) is 8.46. The molecule has 1 aliphatic heterocycles. The molecule has 2 rings (SSSR count). The van der Waals surface area contributed by atoms with E-state index in [0.29, 0.717) is 43.4 Å². The van der Waals surface area contributed by atoms with Crippen molar-refractivity contribution in [2.24, 2.45) is 0 Å². The van der Waals surface area contributed by atoms with Crippen molar-refractivity contribution in [2.45, 2.75) is 6.42 Å². The molecule has 0 aromatic heterocycles. The lowest BCUT2D eigenvalue weighted by atomic mass is 10.2. The van der Waals surface area contributed by atoms with Crippen LogP contribution in [-0.2, 0) is 14.3 Å². The fourth-order valence-electron chi connectivity index (χ4n) is 2.77. The van der Waals surface area contributed by atoms with E-state index in [2.05, 4.69) is 9.64 Å². The summed E-state index contributed by atoms with van der Waals surface area (Å²) in [6.07, 6.45) is -0.222. The second-order valence-electron chi connectivity index (χ2n) is 5.50. The summed E-state index contributed by atoms with van der Waals surface area (Å²) in [6.45, 7) is 2.36. The number of piperazine rings is 1. The summed E-state index contributed by atoms with van der Waals surface area (Å²) >= 11 is 0. The SMILES string of the molecule is COC(=O)CC(=O)N1CCN(c2cc(OC)c(OC)c(OC)c2)CC1. The van der Waals surface area contributed by atoms with E-state index in [1.165, 1.54) is 7.11 Å². The molecule has 25 heavy (non-hydrogen) atoms. The number of esters is 1. The van der Waals surface area contributed by atoms with Gasteiger partial charge in [-0.3, -0.25) is 9.59 Å². The smallest absolute Gasteiger partial charge is 0.315 e. The normalized spacial score (nSPS) is 14.1. The quantitative estimate of drug-likeness (QED) is 0.557. The van der Waals surface area contributed by atoms with Crippen molar-refractivity contribution in [1.29, 1.82) is 0 Å². The third-order valence-electron chi connectivity index (χ3n) is 4.17. The molecule has 0 atom stereocenters. The van der Waals surface area contributed by atoms with Crippen LogP contribution in [0.25, 0.3) is 0 Å². The van der Waals surface area contributed by atoms with Crippen LogP contribution in [0.5, 0.6) is 17.2 Å². The molecule has 1 aromatic rings. The molecule has 0 N–H and O–H groups in total. The van der Waals surface area contributed by atoms with Crippen LogP contribution in [0.1, 0.15) is 6.42 Å². The Kier molecular flexibility index (Phi) is 6.32. The molecule has 1 aliphatic rings. The third-order valence-corrected chi connectivity index (χ3v) is 4.17. The monoisotopic (exact) mass is 352 g/mol. The minimum Gasteiger partial charge on any atom is -0.493 e. The average molecular weight is 352 g/mol. The predicted molar refractivity (Wildman–Crippen MR) is 91.5 cm³/mol. The van der Waals surface area contributed by atoms with Gasteiger partial charge in [-0.25, -0.2) is 0 Å². The van der Waals surface area contributed by atoms with Gasteiger partial charge >= 0.3 is 5.97 Å². The van der Waals surface area contributed by atoms with Gasteiger partial charge in [0.05, 0.1) is 28.4 Å². The number of benzene rings is 1. The summed E-state index contributed by atoms with van der Waals surface area (Å²) in [5, 5.41) is 0. The molecule has 0 radical (unpaired) electrons. The molecule has 138 valence electrons. The van der Waals surface area contributed by atoms with E-state index < -0.39 is 5.97 Å². The largest absolute Gasteiger partial charge is 0.493 e. The van der Waals surface area contributed by atoms with Gasteiger partial charge in [0.2, 0.25) is 11.7 Å². The molecule has 1 heterocycles. The van der Waals surface area contributed by atoms with Gasteiger partial charge in [0.25, 0.3) is 0 Å². The minimum atomic E-state index is -0.517. The number of anilines is 1. The second-order valence-corrected chi connectivity index (χ2v) is 5.50. The maximum atomic E-state index is 12.0. The summed E-state index contributed by atoms with van der Waals surface area (Å²) < 4.78 is 20.6. The zero-order valence-electron chi connectivity index (χ0n) is 15.0. The van der Waals surface area contributed by atoms with Gasteiger partial charge in [-0.2, -0.15) is 0 Å². The first kappa shape index (κ1) is 18.7. The first-order valence-electron chi connectivity index (χ1n) is 7.93. The van der Waals surface area contributed by atoms with Crippen molar-refractivity contribution < 1.29 is 28.5 Å². The maximum Gasteiger partial charge on any atom is 0.315 e. The molecular weight excluding hydrogens is 328 g/mol. The predicted octanol–water partition coefficient (Wildman–Crippen LogP) is 0.924. The Hall–Kier alpha value is -2.64. The molecule has 1 aromatic carbocycles. The highest BCUT2D eigenvalue weighted by Crippen LogP contribution is 2.41. The number of carbonyl (C=O) groups is 2. The molecule has 1 amide bonds. The summed E-state index contributed by atoms with van der Waals surface area (Å²) in [4.78, 5) is 27.1. The fourth-order valence-corrected chi connectivity index (χ4v) is 2.77. The van der Waals surface area contributed by atoms with Crippen LogP contribution in [0.4, 0.5) is 5.69 Å². The molecule has 1 saturated heterocycles. The van der Waals surface area contributed by atoms with Gasteiger partial charge in [-0.05, 0) is 0 Å². The Labute approximate surface area is 147 Å². The summed E-state index contributed by atoms with van der Waals surface area (Å²) in [6, 6.07) is 3.76. The van der Waals surface area contributed by atoms with E-state index in [-0.39, 0.29) is 12.3 Å². The number of carbonyl (C=O) groups excluding carboxylic acids is 2. The van der Waals surface area contributed by atoms with Gasteiger partial charge in [-0.1, -0.05) is 0 Å². The molecular formula is C17H24N2O6. The summed E-state index contributed by atoms with van der Waals surface area (Å²) in [7, 11) is 5.98. The van der Waals surface area contributed by atoms with Crippen molar-refractivity contribution in [1.82, 2.24) is 4.90 Å². The number of rotatable bonds is 6. The number of ether oxygens (including phenoxy) is 4. The third kappa shape index (κ3) is 4.26. The topological polar surface area (TPSA) is 77.5 Å². The lowest BCUT2D eigenvalue weighted by Crippen LogP contribution is -2.49. The number of hydrogen-bond acceptors (Lipinski definition) is 7. The van der Waals surface area contributed by atoms with Gasteiger partial charge in [0.15, 0.2) is 11.5 Å². The fraction of sp³-hybridized carbons (Fsp3) is 0.529. The van der Waals surface area contributed by atoms with Crippen LogP contribution < -0.4 is 19.1 Å². The molecule has 0 aliphatic carbocycles. The molecule has 0 unspecified atom stereocenters. The lowest BCUT2D eigenvalue weighted by molar-refractivity contribution is -0.146. The number of hydrogen-bond donors (Lipinski definition) is 0. The minimum absolute atomic E-state index is 0.212. The molecule has 0 bridgehead atoms. The van der Waals surface area contributed by atoms with Crippen LogP contribution in [0.15, 0.2) is 12.1 Å². The van der Waals surface area contributed by atoms with Gasteiger partial charge in [-0.15, -0.1) is 0 Å². The van der Waals surface area contributed by atoms with E-state index in [4.69, 9.17) is 14.2 Å². The Balaban J connectivity index is 2.07. The Bertz CT molecular complexity index is 601. The van der Waals surface area contributed by atoms with E-state index in [0.717, 1.165) is 5.69 Å². The molecule has 1 fully saturated rings. The van der Waals surface area contributed by atoms with E-state index >= 15 is 0 Å². The van der Waals surface area contributed by atoms with Gasteiger partial charge in [0, 0.05) is 44.0 Å². The highest BCUT2D eigenvalue weighted by molar-refractivity contribution is 5.94. The average Bonchev–Trinajstić information content (AvgIpc) is 2.66. The highest BCUT2D eigenvalue weighted by atomic mass is 16.5. The van der Waals surface area contributed by atoms with E-state index in [9.17, 15) is 9.59 Å². The van der Waals surface area contributed by atoms with Crippen LogP contribution in [0, 0.1) is 0 Å². The lowest BCUT2D eigenvalue weighted by Gasteiger charge is -2.36. The number of nitrogens with zero attached hydrogens (tertiary/aromatic N) is 2. The Morgan fingerprint density at radius 1 is 0.920 bits per heavy atom.